The lowest BCUT2D eigenvalue weighted by Crippen LogP contribution is -2.11. The molecular formula is C15H20N2OS. The van der Waals surface area contributed by atoms with Gasteiger partial charge in [0.15, 0.2) is 0 Å². The summed E-state index contributed by atoms with van der Waals surface area (Å²) >= 11 is 1.67. The summed E-state index contributed by atoms with van der Waals surface area (Å²) in [5.74, 6) is 0.893. The fraction of sp³-hybridized carbons (Fsp3) is 0.400. The van der Waals surface area contributed by atoms with Crippen LogP contribution in [0.15, 0.2) is 24.3 Å². The van der Waals surface area contributed by atoms with Crippen LogP contribution < -0.4 is 10.5 Å². The number of hydrogen-bond donors (Lipinski definition) is 1. The van der Waals surface area contributed by atoms with Crippen LogP contribution in [0.1, 0.15) is 40.5 Å². The van der Waals surface area contributed by atoms with E-state index in [1.807, 2.05) is 31.2 Å². The predicted octanol–water partition coefficient (Wildman–Crippen LogP) is 3.60. The van der Waals surface area contributed by atoms with Gasteiger partial charge in [0.25, 0.3) is 0 Å². The molecule has 0 radical (unpaired) electrons. The smallest absolute Gasteiger partial charge is 0.119 e. The van der Waals surface area contributed by atoms with Crippen LogP contribution in [0.2, 0.25) is 0 Å². The van der Waals surface area contributed by atoms with Gasteiger partial charge in [-0.1, -0.05) is 19.1 Å². The molecule has 2 N–H and O–H groups in total. The Kier molecular flexibility index (Phi) is 4.56. The molecule has 1 unspecified atom stereocenters. The van der Waals surface area contributed by atoms with Crippen LogP contribution in [0.4, 0.5) is 0 Å². The van der Waals surface area contributed by atoms with Crippen molar-refractivity contribution in [1.29, 1.82) is 0 Å². The van der Waals surface area contributed by atoms with E-state index in [1.54, 1.807) is 11.3 Å². The topological polar surface area (TPSA) is 48.1 Å². The van der Waals surface area contributed by atoms with Crippen LogP contribution in [0.25, 0.3) is 0 Å². The third-order valence-electron chi connectivity index (χ3n) is 3.02. The van der Waals surface area contributed by atoms with Crippen LogP contribution in [-0.4, -0.2) is 11.6 Å². The molecule has 4 heteroatoms. The van der Waals surface area contributed by atoms with Crippen molar-refractivity contribution in [3.05, 3.63) is 45.4 Å². The van der Waals surface area contributed by atoms with Gasteiger partial charge in [-0.05, 0) is 38.0 Å². The number of nitrogens with two attached hydrogens (primary N) is 1. The highest BCUT2D eigenvalue weighted by atomic mass is 32.1. The Bertz CT molecular complexity index is 514. The second-order valence-corrected chi connectivity index (χ2v) is 5.82. The van der Waals surface area contributed by atoms with E-state index >= 15 is 0 Å². The molecule has 1 heterocycles. The fourth-order valence-corrected chi connectivity index (χ4v) is 2.72. The molecule has 0 aliphatic carbocycles. The number of aromatic nitrogens is 1. The molecule has 0 fully saturated rings. The Morgan fingerprint density at radius 2 is 1.95 bits per heavy atom. The third-order valence-corrected chi connectivity index (χ3v) is 4.18. The van der Waals surface area contributed by atoms with E-state index in [9.17, 15) is 0 Å². The normalized spacial score (nSPS) is 12.4. The summed E-state index contributed by atoms with van der Waals surface area (Å²) in [5, 5.41) is 0.970. The molecule has 0 spiro atoms. The maximum atomic E-state index is 6.26. The molecule has 1 aromatic heterocycles. The van der Waals surface area contributed by atoms with E-state index in [2.05, 4.69) is 18.8 Å². The van der Waals surface area contributed by atoms with Crippen molar-refractivity contribution in [2.45, 2.75) is 33.2 Å². The molecule has 0 bridgehead atoms. The summed E-state index contributed by atoms with van der Waals surface area (Å²) in [6.07, 6.45) is 1.01. The predicted molar refractivity (Wildman–Crippen MR) is 79.8 cm³/mol. The molecule has 0 saturated carbocycles. The van der Waals surface area contributed by atoms with Crippen molar-refractivity contribution in [3.63, 3.8) is 0 Å². The maximum Gasteiger partial charge on any atom is 0.119 e. The van der Waals surface area contributed by atoms with Gasteiger partial charge in [0.05, 0.1) is 18.3 Å². The van der Waals surface area contributed by atoms with E-state index in [1.165, 1.54) is 4.88 Å². The van der Waals surface area contributed by atoms with E-state index in [0.717, 1.165) is 35.0 Å². The quantitative estimate of drug-likeness (QED) is 0.907. The molecule has 2 rings (SSSR count). The Morgan fingerprint density at radius 1 is 1.26 bits per heavy atom. The molecule has 0 aliphatic heterocycles. The minimum Gasteiger partial charge on any atom is -0.494 e. The van der Waals surface area contributed by atoms with Gasteiger partial charge < -0.3 is 10.5 Å². The van der Waals surface area contributed by atoms with Gasteiger partial charge in [-0.3, -0.25) is 0 Å². The Morgan fingerprint density at radius 3 is 2.47 bits per heavy atom. The molecular weight excluding hydrogens is 256 g/mol. The lowest BCUT2D eigenvalue weighted by Gasteiger charge is -2.10. The minimum atomic E-state index is -0.155. The van der Waals surface area contributed by atoms with Gasteiger partial charge in [-0.25, -0.2) is 4.98 Å². The number of hydrogen-bond acceptors (Lipinski definition) is 4. The summed E-state index contributed by atoms with van der Waals surface area (Å²) < 4.78 is 5.56. The number of aryl methyl sites for hydroxylation is 2. The first kappa shape index (κ1) is 14.0. The number of ether oxygens (including phenoxy) is 1. The molecule has 19 heavy (non-hydrogen) atoms. The summed E-state index contributed by atoms with van der Waals surface area (Å²) in [6, 6.07) is 7.82. The molecule has 0 aliphatic rings. The first-order valence-corrected chi connectivity index (χ1v) is 7.35. The highest BCUT2D eigenvalue weighted by Gasteiger charge is 2.14. The number of thiazole rings is 1. The van der Waals surface area contributed by atoms with Crippen molar-refractivity contribution < 1.29 is 4.74 Å². The summed E-state index contributed by atoms with van der Waals surface area (Å²) in [4.78, 5) is 5.75. The van der Waals surface area contributed by atoms with Crippen molar-refractivity contribution >= 4 is 11.3 Å². The number of nitrogens with zero attached hydrogens (tertiary/aromatic N) is 1. The van der Waals surface area contributed by atoms with Crippen molar-refractivity contribution in [1.82, 2.24) is 4.98 Å². The van der Waals surface area contributed by atoms with Crippen LogP contribution in [0, 0.1) is 13.8 Å². The van der Waals surface area contributed by atoms with Crippen LogP contribution in [-0.2, 0) is 0 Å². The Labute approximate surface area is 118 Å². The Balaban J connectivity index is 2.13. The number of rotatable bonds is 5. The van der Waals surface area contributed by atoms with Gasteiger partial charge in [0.1, 0.15) is 10.8 Å². The minimum absolute atomic E-state index is 0.155. The van der Waals surface area contributed by atoms with E-state index in [4.69, 9.17) is 10.5 Å². The van der Waals surface area contributed by atoms with Crippen molar-refractivity contribution in [2.24, 2.45) is 5.73 Å². The molecule has 0 amide bonds. The van der Waals surface area contributed by atoms with Gasteiger partial charge in [-0.15, -0.1) is 11.3 Å². The summed E-state index contributed by atoms with van der Waals surface area (Å²) in [7, 11) is 0. The third kappa shape index (κ3) is 3.33. The van der Waals surface area contributed by atoms with Crippen LogP contribution >= 0.6 is 11.3 Å². The summed E-state index contributed by atoms with van der Waals surface area (Å²) in [6.45, 7) is 6.93. The SMILES string of the molecule is CCCOc1ccc(C(N)c2nc(C)c(C)s2)cc1. The largest absolute Gasteiger partial charge is 0.494 e. The van der Waals surface area contributed by atoms with Crippen LogP contribution in [0.5, 0.6) is 5.75 Å². The van der Waals surface area contributed by atoms with Gasteiger partial charge in [0.2, 0.25) is 0 Å². The molecule has 0 saturated heterocycles. The standard InChI is InChI=1S/C15H20N2OS/c1-4-9-18-13-7-5-12(6-8-13)14(16)15-17-10(2)11(3)19-15/h5-8,14H,4,9,16H2,1-3H3. The monoisotopic (exact) mass is 276 g/mol. The highest BCUT2D eigenvalue weighted by Crippen LogP contribution is 2.27. The second kappa shape index (κ2) is 6.17. The number of benzene rings is 1. The molecule has 2 aromatic rings. The first-order chi connectivity index (χ1) is 9.11. The van der Waals surface area contributed by atoms with Crippen molar-refractivity contribution in [2.75, 3.05) is 6.61 Å². The lowest BCUT2D eigenvalue weighted by atomic mass is 10.1. The zero-order valence-electron chi connectivity index (χ0n) is 11.6. The van der Waals surface area contributed by atoms with Gasteiger partial charge >= 0.3 is 0 Å². The van der Waals surface area contributed by atoms with Crippen molar-refractivity contribution in [3.8, 4) is 5.75 Å². The van der Waals surface area contributed by atoms with Gasteiger partial charge in [0, 0.05) is 4.88 Å². The Hall–Kier alpha value is -1.39. The summed E-state index contributed by atoms with van der Waals surface area (Å²) in [5.41, 5.74) is 8.39. The second-order valence-electron chi connectivity index (χ2n) is 4.59. The highest BCUT2D eigenvalue weighted by molar-refractivity contribution is 7.11. The molecule has 1 atom stereocenters. The molecule has 1 aromatic carbocycles. The first-order valence-electron chi connectivity index (χ1n) is 6.54. The van der Waals surface area contributed by atoms with E-state index in [-0.39, 0.29) is 6.04 Å². The van der Waals surface area contributed by atoms with E-state index in [0.29, 0.717) is 0 Å². The average molecular weight is 276 g/mol. The van der Waals surface area contributed by atoms with Gasteiger partial charge in [-0.2, -0.15) is 0 Å². The molecule has 3 nitrogen and oxygen atoms in total. The zero-order chi connectivity index (χ0) is 13.8. The molecule has 102 valence electrons. The lowest BCUT2D eigenvalue weighted by molar-refractivity contribution is 0.317. The van der Waals surface area contributed by atoms with E-state index < -0.39 is 0 Å². The fourth-order valence-electron chi connectivity index (χ4n) is 1.76. The van der Waals surface area contributed by atoms with Crippen LogP contribution in [0.3, 0.4) is 0 Å². The average Bonchev–Trinajstić information content (AvgIpc) is 2.76. The zero-order valence-corrected chi connectivity index (χ0v) is 12.5. The maximum absolute atomic E-state index is 6.26.